The summed E-state index contributed by atoms with van der Waals surface area (Å²) in [6.07, 6.45) is 0.817. The van der Waals surface area contributed by atoms with Gasteiger partial charge in [-0.15, -0.1) is 11.3 Å². The van der Waals surface area contributed by atoms with Crippen LogP contribution in [0.25, 0.3) is 0 Å². The first-order chi connectivity index (χ1) is 8.83. The van der Waals surface area contributed by atoms with Crippen molar-refractivity contribution in [3.63, 3.8) is 0 Å². The molecule has 1 aliphatic heterocycles. The van der Waals surface area contributed by atoms with Crippen LogP contribution in [0, 0.1) is 0 Å². The molecule has 18 heavy (non-hydrogen) atoms. The number of benzene rings is 1. The third-order valence-corrected chi connectivity index (χ3v) is 3.98. The molecule has 2 aromatic rings. The van der Waals surface area contributed by atoms with Gasteiger partial charge in [-0.05, 0) is 35.6 Å². The summed E-state index contributed by atoms with van der Waals surface area (Å²) >= 11 is 1.70. The Balaban J connectivity index is 1.77. The Hall–Kier alpha value is -1.52. The summed E-state index contributed by atoms with van der Waals surface area (Å²) in [5.41, 5.74) is 7.37. The van der Waals surface area contributed by atoms with Crippen molar-refractivity contribution in [1.29, 1.82) is 0 Å². The lowest BCUT2D eigenvalue weighted by Gasteiger charge is -2.19. The van der Waals surface area contributed by atoms with Crippen molar-refractivity contribution in [3.8, 4) is 11.5 Å². The van der Waals surface area contributed by atoms with E-state index in [1.54, 1.807) is 11.3 Å². The van der Waals surface area contributed by atoms with Crippen LogP contribution in [0.4, 0.5) is 0 Å². The van der Waals surface area contributed by atoms with Crippen LogP contribution in [-0.2, 0) is 6.42 Å². The highest BCUT2D eigenvalue weighted by atomic mass is 32.1. The molecule has 0 aliphatic carbocycles. The predicted molar refractivity (Wildman–Crippen MR) is 72.4 cm³/mol. The minimum absolute atomic E-state index is 0.0487. The molecule has 4 heteroatoms. The molecule has 0 amide bonds. The number of fused-ring (bicyclic) bond motifs is 1. The molecule has 0 spiro atoms. The second-order valence-corrected chi connectivity index (χ2v) is 5.28. The van der Waals surface area contributed by atoms with Crippen LogP contribution in [0.15, 0.2) is 35.7 Å². The molecule has 1 aromatic carbocycles. The van der Waals surface area contributed by atoms with E-state index in [0.717, 1.165) is 17.9 Å². The molecule has 0 fully saturated rings. The van der Waals surface area contributed by atoms with Gasteiger partial charge in [0.2, 0.25) is 0 Å². The van der Waals surface area contributed by atoms with Gasteiger partial charge in [-0.25, -0.2) is 0 Å². The van der Waals surface area contributed by atoms with Gasteiger partial charge in [-0.2, -0.15) is 0 Å². The Bertz CT molecular complexity index is 525. The van der Waals surface area contributed by atoms with Crippen molar-refractivity contribution in [2.24, 2.45) is 5.73 Å². The molecule has 1 aromatic heterocycles. The summed E-state index contributed by atoms with van der Waals surface area (Å²) < 4.78 is 11.1. The molecule has 0 saturated heterocycles. The van der Waals surface area contributed by atoms with Crippen LogP contribution < -0.4 is 15.2 Å². The number of rotatable bonds is 3. The maximum absolute atomic E-state index is 6.19. The van der Waals surface area contributed by atoms with E-state index in [0.29, 0.717) is 13.2 Å². The molecular weight excluding hydrogens is 246 g/mol. The number of nitrogens with two attached hydrogens (primary N) is 1. The van der Waals surface area contributed by atoms with Gasteiger partial charge in [0.25, 0.3) is 0 Å². The quantitative estimate of drug-likeness (QED) is 0.924. The van der Waals surface area contributed by atoms with E-state index < -0.39 is 0 Å². The van der Waals surface area contributed by atoms with Gasteiger partial charge in [0, 0.05) is 10.9 Å². The van der Waals surface area contributed by atoms with E-state index in [1.807, 2.05) is 18.2 Å². The van der Waals surface area contributed by atoms with Crippen molar-refractivity contribution in [2.75, 3.05) is 13.2 Å². The number of hydrogen-bond donors (Lipinski definition) is 1. The van der Waals surface area contributed by atoms with E-state index in [9.17, 15) is 0 Å². The fraction of sp³-hybridized carbons (Fsp3) is 0.286. The molecule has 94 valence electrons. The Morgan fingerprint density at radius 2 is 2.00 bits per heavy atom. The fourth-order valence-electron chi connectivity index (χ4n) is 2.07. The van der Waals surface area contributed by atoms with Crippen molar-refractivity contribution < 1.29 is 9.47 Å². The highest BCUT2D eigenvalue weighted by molar-refractivity contribution is 7.10. The SMILES string of the molecule is NC(Cc1ccc2c(c1)OCCO2)c1cccs1. The Kier molecular flexibility index (Phi) is 3.21. The number of ether oxygens (including phenoxy) is 2. The first kappa shape index (κ1) is 11.6. The van der Waals surface area contributed by atoms with Gasteiger partial charge in [0.05, 0.1) is 0 Å². The summed E-state index contributed by atoms with van der Waals surface area (Å²) in [5, 5.41) is 2.05. The van der Waals surface area contributed by atoms with E-state index >= 15 is 0 Å². The summed E-state index contributed by atoms with van der Waals surface area (Å²) in [4.78, 5) is 1.21. The third-order valence-electron chi connectivity index (χ3n) is 2.97. The minimum Gasteiger partial charge on any atom is -0.486 e. The molecule has 0 saturated carbocycles. The van der Waals surface area contributed by atoms with Crippen LogP contribution in [0.2, 0.25) is 0 Å². The smallest absolute Gasteiger partial charge is 0.161 e. The van der Waals surface area contributed by atoms with E-state index in [4.69, 9.17) is 15.2 Å². The monoisotopic (exact) mass is 261 g/mol. The van der Waals surface area contributed by atoms with Crippen molar-refractivity contribution in [1.82, 2.24) is 0 Å². The molecule has 3 nitrogen and oxygen atoms in total. The minimum atomic E-state index is 0.0487. The second-order valence-electron chi connectivity index (χ2n) is 4.30. The average Bonchev–Trinajstić information content (AvgIpc) is 2.92. The maximum atomic E-state index is 6.19. The molecule has 1 unspecified atom stereocenters. The zero-order valence-corrected chi connectivity index (χ0v) is 10.8. The lowest BCUT2D eigenvalue weighted by atomic mass is 10.0. The molecule has 0 radical (unpaired) electrons. The molecule has 2 N–H and O–H groups in total. The molecule has 1 aliphatic rings. The predicted octanol–water partition coefficient (Wildman–Crippen LogP) is 2.76. The van der Waals surface area contributed by atoms with Gasteiger partial charge in [0.1, 0.15) is 13.2 Å². The Morgan fingerprint density at radius 3 is 2.78 bits per heavy atom. The van der Waals surface area contributed by atoms with Crippen LogP contribution in [0.1, 0.15) is 16.5 Å². The van der Waals surface area contributed by atoms with Crippen LogP contribution in [0.3, 0.4) is 0 Å². The summed E-state index contributed by atoms with van der Waals surface area (Å²) in [6, 6.07) is 10.2. The molecule has 1 atom stereocenters. The molecule has 3 rings (SSSR count). The largest absolute Gasteiger partial charge is 0.486 e. The molecule has 0 bridgehead atoms. The van der Waals surface area contributed by atoms with Crippen LogP contribution >= 0.6 is 11.3 Å². The maximum Gasteiger partial charge on any atom is 0.161 e. The summed E-state index contributed by atoms with van der Waals surface area (Å²) in [6.45, 7) is 1.24. The summed E-state index contributed by atoms with van der Waals surface area (Å²) in [7, 11) is 0. The van der Waals surface area contributed by atoms with Gasteiger partial charge in [-0.3, -0.25) is 0 Å². The van der Waals surface area contributed by atoms with Crippen molar-refractivity contribution >= 4 is 11.3 Å². The van der Waals surface area contributed by atoms with Crippen LogP contribution in [0.5, 0.6) is 11.5 Å². The van der Waals surface area contributed by atoms with Crippen LogP contribution in [-0.4, -0.2) is 13.2 Å². The Morgan fingerprint density at radius 1 is 1.17 bits per heavy atom. The second kappa shape index (κ2) is 5.00. The molecular formula is C14H15NO2S. The molecule has 2 heterocycles. The highest BCUT2D eigenvalue weighted by Crippen LogP contribution is 2.32. The lowest BCUT2D eigenvalue weighted by molar-refractivity contribution is 0.171. The third kappa shape index (κ3) is 2.35. The standard InChI is InChI=1S/C14H15NO2S/c15-11(14-2-1-7-18-14)8-10-3-4-12-13(9-10)17-6-5-16-12/h1-4,7,9,11H,5-6,8,15H2. The number of hydrogen-bond acceptors (Lipinski definition) is 4. The lowest BCUT2D eigenvalue weighted by Crippen LogP contribution is -2.16. The van der Waals surface area contributed by atoms with Gasteiger partial charge in [0.15, 0.2) is 11.5 Å². The highest BCUT2D eigenvalue weighted by Gasteiger charge is 2.14. The van der Waals surface area contributed by atoms with E-state index in [-0.39, 0.29) is 6.04 Å². The van der Waals surface area contributed by atoms with Crippen molar-refractivity contribution in [2.45, 2.75) is 12.5 Å². The zero-order valence-electron chi connectivity index (χ0n) is 9.96. The normalized spacial score (nSPS) is 15.4. The number of thiophene rings is 1. The van der Waals surface area contributed by atoms with E-state index in [2.05, 4.69) is 17.5 Å². The van der Waals surface area contributed by atoms with Crippen molar-refractivity contribution in [3.05, 3.63) is 46.2 Å². The zero-order chi connectivity index (χ0) is 12.4. The summed E-state index contributed by atoms with van der Waals surface area (Å²) in [5.74, 6) is 1.66. The van der Waals surface area contributed by atoms with Gasteiger partial charge in [-0.1, -0.05) is 12.1 Å². The topological polar surface area (TPSA) is 44.5 Å². The first-order valence-corrected chi connectivity index (χ1v) is 6.88. The van der Waals surface area contributed by atoms with Gasteiger partial charge < -0.3 is 15.2 Å². The average molecular weight is 261 g/mol. The first-order valence-electron chi connectivity index (χ1n) is 6.00. The van der Waals surface area contributed by atoms with Gasteiger partial charge >= 0.3 is 0 Å². The fourth-order valence-corrected chi connectivity index (χ4v) is 2.80. The van der Waals surface area contributed by atoms with E-state index in [1.165, 1.54) is 10.4 Å². The Labute approximate surface area is 110 Å².